The number of amides is 1. The lowest BCUT2D eigenvalue weighted by molar-refractivity contribution is -0.107. The first-order valence-electron chi connectivity index (χ1n) is 7.38. The standard InChI is InChI=1S/C18H19NO4/c20-12-4-11-19-18(21)23-14-16-7-9-17(10-8-16)22-13-15-5-2-1-3-6-15/h1-3,5-10,12H,4,11,13-14H2,(H,19,21). The molecule has 120 valence electrons. The maximum atomic E-state index is 11.3. The fourth-order valence-electron chi connectivity index (χ4n) is 1.86. The molecule has 2 rings (SSSR count). The Bertz CT molecular complexity index is 611. The van der Waals surface area contributed by atoms with Crippen molar-refractivity contribution in [2.45, 2.75) is 19.6 Å². The molecule has 0 aliphatic rings. The molecule has 0 radical (unpaired) electrons. The van der Waals surface area contributed by atoms with Crippen LogP contribution >= 0.6 is 0 Å². The van der Waals surface area contributed by atoms with Gasteiger partial charge in [-0.05, 0) is 23.3 Å². The molecule has 5 heteroatoms. The Kier molecular flexibility index (Phi) is 6.65. The predicted octanol–water partition coefficient (Wildman–Crippen LogP) is 3.08. The van der Waals surface area contributed by atoms with Crippen LogP contribution < -0.4 is 10.1 Å². The van der Waals surface area contributed by atoms with Crippen LogP contribution in [0.5, 0.6) is 5.75 Å². The van der Waals surface area contributed by atoms with Gasteiger partial charge in [0.2, 0.25) is 0 Å². The van der Waals surface area contributed by atoms with Gasteiger partial charge in [-0.1, -0.05) is 42.5 Å². The van der Waals surface area contributed by atoms with Gasteiger partial charge < -0.3 is 19.6 Å². The van der Waals surface area contributed by atoms with E-state index >= 15 is 0 Å². The van der Waals surface area contributed by atoms with Gasteiger partial charge in [0, 0.05) is 13.0 Å². The van der Waals surface area contributed by atoms with Crippen LogP contribution in [-0.4, -0.2) is 18.9 Å². The Labute approximate surface area is 135 Å². The summed E-state index contributed by atoms with van der Waals surface area (Å²) in [6.45, 7) is 0.969. The van der Waals surface area contributed by atoms with E-state index in [4.69, 9.17) is 9.47 Å². The van der Waals surface area contributed by atoms with Gasteiger partial charge >= 0.3 is 6.09 Å². The van der Waals surface area contributed by atoms with Crippen LogP contribution in [0.1, 0.15) is 17.5 Å². The van der Waals surface area contributed by atoms with Crippen molar-refractivity contribution in [2.75, 3.05) is 6.54 Å². The smallest absolute Gasteiger partial charge is 0.407 e. The highest BCUT2D eigenvalue weighted by Gasteiger charge is 2.02. The molecule has 0 aliphatic heterocycles. The second kappa shape index (κ2) is 9.25. The summed E-state index contributed by atoms with van der Waals surface area (Å²) >= 11 is 0. The first kappa shape index (κ1) is 16.5. The maximum absolute atomic E-state index is 11.3. The minimum absolute atomic E-state index is 0.173. The Morgan fingerprint density at radius 2 is 1.65 bits per heavy atom. The fourth-order valence-corrected chi connectivity index (χ4v) is 1.86. The molecule has 0 aromatic heterocycles. The van der Waals surface area contributed by atoms with Crippen LogP contribution in [0.3, 0.4) is 0 Å². The van der Waals surface area contributed by atoms with Gasteiger partial charge in [-0.25, -0.2) is 4.79 Å². The van der Waals surface area contributed by atoms with Crippen LogP contribution in [0.4, 0.5) is 4.79 Å². The summed E-state index contributed by atoms with van der Waals surface area (Å²) in [5.41, 5.74) is 1.97. The monoisotopic (exact) mass is 313 g/mol. The lowest BCUT2D eigenvalue weighted by Gasteiger charge is -2.08. The number of alkyl carbamates (subject to hydrolysis) is 1. The quantitative estimate of drug-likeness (QED) is 0.601. The van der Waals surface area contributed by atoms with E-state index in [9.17, 15) is 9.59 Å². The van der Waals surface area contributed by atoms with E-state index in [1.807, 2.05) is 54.6 Å². The molecular formula is C18H19NO4. The van der Waals surface area contributed by atoms with Gasteiger partial charge in [0.05, 0.1) is 0 Å². The van der Waals surface area contributed by atoms with Gasteiger partial charge in [-0.15, -0.1) is 0 Å². The normalized spacial score (nSPS) is 9.91. The molecule has 0 bridgehead atoms. The molecule has 23 heavy (non-hydrogen) atoms. The lowest BCUT2D eigenvalue weighted by Crippen LogP contribution is -2.25. The molecule has 2 aromatic carbocycles. The predicted molar refractivity (Wildman–Crippen MR) is 86.1 cm³/mol. The number of hydrogen-bond donors (Lipinski definition) is 1. The van der Waals surface area contributed by atoms with Crippen molar-refractivity contribution in [3.05, 3.63) is 65.7 Å². The van der Waals surface area contributed by atoms with E-state index in [1.54, 1.807) is 0 Å². The van der Waals surface area contributed by atoms with E-state index in [0.29, 0.717) is 6.61 Å². The van der Waals surface area contributed by atoms with E-state index in [2.05, 4.69) is 5.32 Å². The third kappa shape index (κ3) is 6.22. The average molecular weight is 313 g/mol. The van der Waals surface area contributed by atoms with Gasteiger partial charge in [0.15, 0.2) is 0 Å². The molecule has 2 aromatic rings. The summed E-state index contributed by atoms with van der Waals surface area (Å²) < 4.78 is 10.7. The first-order valence-corrected chi connectivity index (χ1v) is 7.38. The van der Waals surface area contributed by atoms with Crippen molar-refractivity contribution in [1.29, 1.82) is 0 Å². The lowest BCUT2D eigenvalue weighted by atomic mass is 10.2. The van der Waals surface area contributed by atoms with Crippen LogP contribution in [-0.2, 0) is 22.7 Å². The summed E-state index contributed by atoms with van der Waals surface area (Å²) in [6.07, 6.45) is 0.494. The van der Waals surface area contributed by atoms with Gasteiger partial charge in [0.1, 0.15) is 25.2 Å². The number of carbonyl (C=O) groups is 2. The third-order valence-corrected chi connectivity index (χ3v) is 3.07. The number of hydrogen-bond acceptors (Lipinski definition) is 4. The van der Waals surface area contributed by atoms with Gasteiger partial charge in [-0.2, -0.15) is 0 Å². The minimum Gasteiger partial charge on any atom is -0.489 e. The summed E-state index contributed by atoms with van der Waals surface area (Å²) in [5, 5.41) is 2.49. The van der Waals surface area contributed by atoms with E-state index < -0.39 is 6.09 Å². The number of rotatable bonds is 8. The number of benzene rings is 2. The molecule has 0 unspecified atom stereocenters. The largest absolute Gasteiger partial charge is 0.489 e. The molecule has 0 atom stereocenters. The number of ether oxygens (including phenoxy) is 2. The number of nitrogens with one attached hydrogen (secondary N) is 1. The van der Waals surface area contributed by atoms with Gasteiger partial charge in [-0.3, -0.25) is 0 Å². The molecule has 5 nitrogen and oxygen atoms in total. The molecule has 1 N–H and O–H groups in total. The zero-order valence-electron chi connectivity index (χ0n) is 12.7. The van der Waals surface area contributed by atoms with Crippen molar-refractivity contribution in [3.8, 4) is 5.75 Å². The van der Waals surface area contributed by atoms with Crippen molar-refractivity contribution < 1.29 is 19.1 Å². The first-order chi connectivity index (χ1) is 11.3. The summed E-state index contributed by atoms with van der Waals surface area (Å²) in [4.78, 5) is 21.5. The zero-order chi connectivity index (χ0) is 16.3. The molecule has 0 heterocycles. The SMILES string of the molecule is O=CCCNC(=O)OCc1ccc(OCc2ccccc2)cc1. The molecule has 0 saturated carbocycles. The minimum atomic E-state index is -0.531. The molecule has 0 fully saturated rings. The number of aldehydes is 1. The Balaban J connectivity index is 1.73. The van der Waals surface area contributed by atoms with E-state index in [-0.39, 0.29) is 19.6 Å². The third-order valence-electron chi connectivity index (χ3n) is 3.07. The second-order valence-electron chi connectivity index (χ2n) is 4.88. The Hall–Kier alpha value is -2.82. The summed E-state index contributed by atoms with van der Waals surface area (Å²) in [6, 6.07) is 17.3. The Morgan fingerprint density at radius 1 is 0.957 bits per heavy atom. The molecular weight excluding hydrogens is 294 g/mol. The molecule has 0 spiro atoms. The highest BCUT2D eigenvalue weighted by atomic mass is 16.5. The van der Waals surface area contributed by atoms with Crippen molar-refractivity contribution in [3.63, 3.8) is 0 Å². The van der Waals surface area contributed by atoms with Crippen molar-refractivity contribution in [2.24, 2.45) is 0 Å². The van der Waals surface area contributed by atoms with Crippen LogP contribution in [0.2, 0.25) is 0 Å². The highest BCUT2D eigenvalue weighted by Crippen LogP contribution is 2.14. The van der Waals surface area contributed by atoms with Crippen LogP contribution in [0.15, 0.2) is 54.6 Å². The molecule has 0 saturated heterocycles. The van der Waals surface area contributed by atoms with E-state index in [0.717, 1.165) is 23.2 Å². The maximum Gasteiger partial charge on any atom is 0.407 e. The molecule has 1 amide bonds. The van der Waals surface area contributed by atoms with Crippen molar-refractivity contribution in [1.82, 2.24) is 5.32 Å². The Morgan fingerprint density at radius 3 is 2.35 bits per heavy atom. The average Bonchev–Trinajstić information content (AvgIpc) is 2.60. The fraction of sp³-hybridized carbons (Fsp3) is 0.222. The number of carbonyl (C=O) groups excluding carboxylic acids is 2. The molecule has 0 aliphatic carbocycles. The van der Waals surface area contributed by atoms with Crippen LogP contribution in [0, 0.1) is 0 Å². The van der Waals surface area contributed by atoms with E-state index in [1.165, 1.54) is 0 Å². The summed E-state index contributed by atoms with van der Waals surface area (Å²) in [7, 11) is 0. The summed E-state index contributed by atoms with van der Waals surface area (Å²) in [5.74, 6) is 0.757. The second-order valence-corrected chi connectivity index (χ2v) is 4.88. The van der Waals surface area contributed by atoms with Gasteiger partial charge in [0.25, 0.3) is 0 Å². The zero-order valence-corrected chi connectivity index (χ0v) is 12.7. The van der Waals surface area contributed by atoms with Crippen molar-refractivity contribution >= 4 is 12.4 Å². The van der Waals surface area contributed by atoms with Crippen LogP contribution in [0.25, 0.3) is 0 Å². The highest BCUT2D eigenvalue weighted by molar-refractivity contribution is 5.67. The topological polar surface area (TPSA) is 64.6 Å².